The lowest BCUT2D eigenvalue weighted by atomic mass is 10.3. The highest BCUT2D eigenvalue weighted by molar-refractivity contribution is 5.01. The average molecular weight is 197 g/mol. The summed E-state index contributed by atoms with van der Waals surface area (Å²) in [5, 5.41) is 3.90. The van der Waals surface area contributed by atoms with Crippen LogP contribution in [0.15, 0.2) is 10.6 Å². The highest BCUT2D eigenvalue weighted by Gasteiger charge is 2.26. The van der Waals surface area contributed by atoms with Gasteiger partial charge in [0.05, 0.1) is 26.0 Å². The average Bonchev–Trinajstić information content (AvgIpc) is 2.51. The third-order valence-corrected chi connectivity index (χ3v) is 2.77. The zero-order valence-electron chi connectivity index (χ0n) is 8.82. The van der Waals surface area contributed by atoms with E-state index in [9.17, 15) is 0 Å². The van der Waals surface area contributed by atoms with Gasteiger partial charge in [-0.1, -0.05) is 5.16 Å². The first kappa shape index (κ1) is 9.68. The van der Waals surface area contributed by atoms with Crippen molar-refractivity contribution in [3.05, 3.63) is 17.5 Å². The third-order valence-electron chi connectivity index (χ3n) is 2.77. The lowest BCUT2D eigenvalue weighted by Crippen LogP contribution is -2.51. The Labute approximate surface area is 84.0 Å². The zero-order chi connectivity index (χ0) is 10.0. The number of aryl methyl sites for hydroxylation is 1. The molecule has 0 unspecified atom stereocenters. The van der Waals surface area contributed by atoms with Crippen LogP contribution in [0.3, 0.4) is 0 Å². The number of rotatable bonds is 2. The lowest BCUT2D eigenvalue weighted by Gasteiger charge is -2.36. The molecule has 1 aromatic rings. The van der Waals surface area contributed by atoms with Crippen molar-refractivity contribution in [1.29, 1.82) is 0 Å². The maximum absolute atomic E-state index is 5.35. The van der Waals surface area contributed by atoms with Crippen LogP contribution in [0.25, 0.3) is 0 Å². The maximum Gasteiger partial charge on any atom is 0.191 e. The molecule has 2 heterocycles. The van der Waals surface area contributed by atoms with Crippen molar-refractivity contribution in [2.24, 2.45) is 0 Å². The van der Waals surface area contributed by atoms with Gasteiger partial charge in [-0.05, 0) is 6.92 Å². The Bertz CT molecular complexity index is 303. The third kappa shape index (κ3) is 2.13. The minimum Gasteiger partial charge on any atom is -0.370 e. The Morgan fingerprint density at radius 1 is 1.43 bits per heavy atom. The second kappa shape index (κ2) is 3.71. The topological polar surface area (TPSA) is 35.3 Å². The van der Waals surface area contributed by atoms with Crippen LogP contribution in [-0.4, -0.2) is 43.0 Å². The van der Waals surface area contributed by atoms with Gasteiger partial charge < -0.3 is 13.7 Å². The molecule has 1 aliphatic heterocycles. The summed E-state index contributed by atoms with van der Waals surface area (Å²) in [4.78, 5) is 0. The number of ether oxygens (including phenoxy) is 1. The minimum atomic E-state index is 0.851. The molecule has 0 radical (unpaired) electrons. The predicted octanol–water partition coefficient (Wildman–Crippen LogP) is 0.960. The molecule has 14 heavy (non-hydrogen) atoms. The smallest absolute Gasteiger partial charge is 0.191 e. The number of hydrogen-bond acceptors (Lipinski definition) is 3. The van der Waals surface area contributed by atoms with Gasteiger partial charge in [-0.25, -0.2) is 0 Å². The standard InChI is InChI=1S/C10H17N2O2/c1-9-7-10(14-11-9)8-12(2)3-5-13-6-4-12/h7H,3-6,8H2,1-2H3/q+1. The first-order valence-electron chi connectivity index (χ1n) is 5.01. The Kier molecular flexibility index (Phi) is 2.56. The minimum absolute atomic E-state index is 0.851. The Morgan fingerprint density at radius 2 is 2.14 bits per heavy atom. The Morgan fingerprint density at radius 3 is 2.71 bits per heavy atom. The summed E-state index contributed by atoms with van der Waals surface area (Å²) in [7, 11) is 2.24. The molecule has 0 bridgehead atoms. The normalized spacial score (nSPS) is 21.0. The van der Waals surface area contributed by atoms with Crippen molar-refractivity contribution in [1.82, 2.24) is 5.16 Å². The van der Waals surface area contributed by atoms with Crippen LogP contribution in [0.5, 0.6) is 0 Å². The van der Waals surface area contributed by atoms with Gasteiger partial charge in [-0.2, -0.15) is 0 Å². The molecule has 1 aromatic heterocycles. The summed E-state index contributed by atoms with van der Waals surface area (Å²) in [6, 6.07) is 2.01. The summed E-state index contributed by atoms with van der Waals surface area (Å²) >= 11 is 0. The van der Waals surface area contributed by atoms with E-state index >= 15 is 0 Å². The van der Waals surface area contributed by atoms with E-state index in [-0.39, 0.29) is 0 Å². The van der Waals surface area contributed by atoms with E-state index in [2.05, 4.69) is 12.2 Å². The highest BCUT2D eigenvalue weighted by atomic mass is 16.5. The van der Waals surface area contributed by atoms with Gasteiger partial charge in [0.15, 0.2) is 5.76 Å². The fraction of sp³-hybridized carbons (Fsp3) is 0.700. The number of hydrogen-bond donors (Lipinski definition) is 0. The van der Waals surface area contributed by atoms with E-state index in [1.807, 2.05) is 13.0 Å². The molecule has 0 amide bonds. The molecular formula is C10H17N2O2+. The van der Waals surface area contributed by atoms with E-state index in [1.165, 1.54) is 0 Å². The number of nitrogens with zero attached hydrogens (tertiary/aromatic N) is 2. The van der Waals surface area contributed by atoms with Crippen LogP contribution >= 0.6 is 0 Å². The Hall–Kier alpha value is -0.870. The number of quaternary nitrogens is 1. The monoisotopic (exact) mass is 197 g/mol. The van der Waals surface area contributed by atoms with Gasteiger partial charge in [0.2, 0.25) is 0 Å². The zero-order valence-corrected chi connectivity index (χ0v) is 8.82. The molecule has 1 aliphatic rings. The molecule has 2 rings (SSSR count). The molecule has 0 N–H and O–H groups in total. The number of morpholine rings is 1. The molecule has 0 aliphatic carbocycles. The van der Waals surface area contributed by atoms with Gasteiger partial charge >= 0.3 is 0 Å². The maximum atomic E-state index is 5.35. The van der Waals surface area contributed by atoms with Gasteiger partial charge in [0.1, 0.15) is 19.6 Å². The first-order chi connectivity index (χ1) is 6.68. The fourth-order valence-corrected chi connectivity index (χ4v) is 1.81. The molecule has 0 atom stereocenters. The molecule has 4 nitrogen and oxygen atoms in total. The van der Waals surface area contributed by atoms with Crippen molar-refractivity contribution in [2.75, 3.05) is 33.4 Å². The van der Waals surface area contributed by atoms with Crippen molar-refractivity contribution >= 4 is 0 Å². The van der Waals surface area contributed by atoms with E-state index in [0.717, 1.165) is 48.8 Å². The largest absolute Gasteiger partial charge is 0.370 e. The van der Waals surface area contributed by atoms with Crippen LogP contribution in [0.1, 0.15) is 11.5 Å². The fourth-order valence-electron chi connectivity index (χ4n) is 1.81. The van der Waals surface area contributed by atoms with Crippen molar-refractivity contribution in [3.63, 3.8) is 0 Å². The molecule has 78 valence electrons. The second-order valence-corrected chi connectivity index (χ2v) is 4.27. The Balaban J connectivity index is 2.01. The van der Waals surface area contributed by atoms with E-state index in [4.69, 9.17) is 9.26 Å². The van der Waals surface area contributed by atoms with Crippen LogP contribution in [0.4, 0.5) is 0 Å². The second-order valence-electron chi connectivity index (χ2n) is 4.27. The number of likely N-dealkylation sites (N-methyl/N-ethyl adjacent to an activating group) is 1. The van der Waals surface area contributed by atoms with Crippen LogP contribution in [-0.2, 0) is 11.3 Å². The summed E-state index contributed by atoms with van der Waals surface area (Å²) in [6.07, 6.45) is 0. The van der Waals surface area contributed by atoms with E-state index in [0.29, 0.717) is 0 Å². The van der Waals surface area contributed by atoms with Gasteiger partial charge in [-0.15, -0.1) is 0 Å². The van der Waals surface area contributed by atoms with Crippen LogP contribution in [0, 0.1) is 6.92 Å². The first-order valence-corrected chi connectivity index (χ1v) is 5.01. The summed E-state index contributed by atoms with van der Waals surface area (Å²) in [5.74, 6) is 0.979. The van der Waals surface area contributed by atoms with Crippen molar-refractivity contribution in [3.8, 4) is 0 Å². The number of aromatic nitrogens is 1. The molecule has 0 spiro atoms. The summed E-state index contributed by atoms with van der Waals surface area (Å²) < 4.78 is 11.6. The lowest BCUT2D eigenvalue weighted by molar-refractivity contribution is -0.930. The van der Waals surface area contributed by atoms with Crippen LogP contribution < -0.4 is 0 Å². The molecule has 1 saturated heterocycles. The van der Waals surface area contributed by atoms with E-state index in [1.54, 1.807) is 0 Å². The highest BCUT2D eigenvalue weighted by Crippen LogP contribution is 2.14. The SMILES string of the molecule is Cc1cc(C[N+]2(C)CCOCC2)on1. The predicted molar refractivity (Wildman–Crippen MR) is 51.7 cm³/mol. The quantitative estimate of drug-likeness (QED) is 0.662. The van der Waals surface area contributed by atoms with Gasteiger partial charge in [0.25, 0.3) is 0 Å². The van der Waals surface area contributed by atoms with Crippen LogP contribution in [0.2, 0.25) is 0 Å². The van der Waals surface area contributed by atoms with Crippen molar-refractivity contribution in [2.45, 2.75) is 13.5 Å². The molecule has 4 heteroatoms. The van der Waals surface area contributed by atoms with Gasteiger partial charge in [-0.3, -0.25) is 0 Å². The summed E-state index contributed by atoms with van der Waals surface area (Å²) in [5.41, 5.74) is 0.958. The van der Waals surface area contributed by atoms with E-state index < -0.39 is 0 Å². The molecule has 0 saturated carbocycles. The molecule has 1 fully saturated rings. The van der Waals surface area contributed by atoms with Gasteiger partial charge in [0, 0.05) is 6.07 Å². The molecular weight excluding hydrogens is 180 g/mol. The van der Waals surface area contributed by atoms with Crippen molar-refractivity contribution < 1.29 is 13.7 Å². The summed E-state index contributed by atoms with van der Waals surface area (Å²) in [6.45, 7) is 6.68. The molecule has 0 aromatic carbocycles.